The molecular weight excluding hydrogens is 264 g/mol. The Morgan fingerprint density at radius 2 is 2.14 bits per heavy atom. The molecule has 0 atom stereocenters. The molecule has 1 heterocycles. The summed E-state index contributed by atoms with van der Waals surface area (Å²) < 4.78 is 0. The van der Waals surface area contributed by atoms with Crippen molar-refractivity contribution in [2.75, 3.05) is 6.61 Å². The van der Waals surface area contributed by atoms with E-state index < -0.39 is 0 Å². The van der Waals surface area contributed by atoms with Gasteiger partial charge in [0.05, 0.1) is 6.61 Å². The van der Waals surface area contributed by atoms with Crippen molar-refractivity contribution in [2.24, 2.45) is 5.92 Å². The van der Waals surface area contributed by atoms with Crippen LogP contribution in [0.3, 0.4) is 0 Å². The first-order chi connectivity index (χ1) is 10.2. The molecule has 0 aliphatic heterocycles. The molecule has 4 heteroatoms. The molecule has 4 nitrogen and oxygen atoms in total. The van der Waals surface area contributed by atoms with Crippen molar-refractivity contribution in [3.8, 4) is 11.8 Å². The average molecular weight is 286 g/mol. The molecule has 0 aromatic carbocycles. The molecule has 0 saturated heterocycles. The fourth-order valence-electron chi connectivity index (χ4n) is 2.49. The molecule has 1 aromatic heterocycles. The molecule has 1 fully saturated rings. The Labute approximate surface area is 126 Å². The fourth-order valence-corrected chi connectivity index (χ4v) is 2.49. The minimum atomic E-state index is -0.107. The van der Waals surface area contributed by atoms with E-state index in [9.17, 15) is 4.79 Å². The van der Waals surface area contributed by atoms with Gasteiger partial charge in [-0.3, -0.25) is 4.79 Å². The minimum absolute atomic E-state index is 0.0565. The lowest BCUT2D eigenvalue weighted by Gasteiger charge is -2.26. The van der Waals surface area contributed by atoms with Gasteiger partial charge in [-0.2, -0.15) is 0 Å². The summed E-state index contributed by atoms with van der Waals surface area (Å²) in [6, 6.07) is 3.76. The second-order valence-corrected chi connectivity index (χ2v) is 5.64. The zero-order valence-electron chi connectivity index (χ0n) is 12.4. The quantitative estimate of drug-likeness (QED) is 0.837. The maximum absolute atomic E-state index is 12.1. The first kappa shape index (κ1) is 15.5. The second kappa shape index (κ2) is 7.80. The van der Waals surface area contributed by atoms with Crippen molar-refractivity contribution in [3.05, 3.63) is 29.6 Å². The summed E-state index contributed by atoms with van der Waals surface area (Å²) in [4.78, 5) is 16.3. The third-order valence-corrected chi connectivity index (χ3v) is 3.82. The number of amides is 1. The number of nitrogens with zero attached hydrogens (tertiary/aromatic N) is 1. The predicted molar refractivity (Wildman–Crippen MR) is 81.7 cm³/mol. The van der Waals surface area contributed by atoms with E-state index in [1.54, 1.807) is 18.3 Å². The van der Waals surface area contributed by atoms with E-state index in [0.29, 0.717) is 12.1 Å². The minimum Gasteiger partial charge on any atom is -0.395 e. The van der Waals surface area contributed by atoms with Gasteiger partial charge in [-0.1, -0.05) is 18.8 Å². The number of carbonyl (C=O) groups excluding carboxylic acids is 1. The lowest BCUT2D eigenvalue weighted by molar-refractivity contribution is 0.0918. The van der Waals surface area contributed by atoms with Gasteiger partial charge in [0, 0.05) is 24.2 Å². The number of pyridine rings is 1. The molecular formula is C17H22N2O2. The summed E-state index contributed by atoms with van der Waals surface area (Å²) in [5.41, 5.74) is 1.19. The molecule has 1 saturated carbocycles. The molecule has 0 spiro atoms. The Morgan fingerprint density at radius 1 is 1.38 bits per heavy atom. The molecule has 1 aliphatic rings. The number of rotatable bonds is 3. The van der Waals surface area contributed by atoms with Crippen molar-refractivity contribution in [1.29, 1.82) is 0 Å². The van der Waals surface area contributed by atoms with E-state index >= 15 is 0 Å². The Balaban J connectivity index is 1.89. The molecule has 112 valence electrons. The SMILES string of the molecule is CC1CCC(NC(=O)c2ccc(C#CCCO)cn2)CC1. The summed E-state index contributed by atoms with van der Waals surface area (Å²) in [7, 11) is 0. The third-order valence-electron chi connectivity index (χ3n) is 3.82. The third kappa shape index (κ3) is 4.87. The largest absolute Gasteiger partial charge is 0.395 e. The van der Waals surface area contributed by atoms with Crippen molar-refractivity contribution < 1.29 is 9.90 Å². The number of aliphatic hydroxyl groups is 1. The van der Waals surface area contributed by atoms with Gasteiger partial charge in [-0.25, -0.2) is 4.98 Å². The van der Waals surface area contributed by atoms with Crippen LogP contribution in [0, 0.1) is 17.8 Å². The highest BCUT2D eigenvalue weighted by molar-refractivity contribution is 5.92. The van der Waals surface area contributed by atoms with Crippen LogP contribution < -0.4 is 5.32 Å². The Morgan fingerprint density at radius 3 is 2.76 bits per heavy atom. The maximum Gasteiger partial charge on any atom is 0.270 e. The number of aromatic nitrogens is 1. The summed E-state index contributed by atoms with van der Waals surface area (Å²) in [5, 5.41) is 11.7. The second-order valence-electron chi connectivity index (χ2n) is 5.64. The normalized spacial score (nSPS) is 21.2. The highest BCUT2D eigenvalue weighted by atomic mass is 16.2. The molecule has 0 bridgehead atoms. The number of carbonyl (C=O) groups is 1. The summed E-state index contributed by atoms with van der Waals surface area (Å²) in [6.07, 6.45) is 6.51. The van der Waals surface area contributed by atoms with Gasteiger partial charge in [-0.15, -0.1) is 0 Å². The molecule has 1 aliphatic carbocycles. The maximum atomic E-state index is 12.1. The summed E-state index contributed by atoms with van der Waals surface area (Å²) in [5.74, 6) is 6.39. The highest BCUT2D eigenvalue weighted by Crippen LogP contribution is 2.23. The molecule has 2 N–H and O–H groups in total. The van der Waals surface area contributed by atoms with Crippen LogP contribution in [0.15, 0.2) is 18.3 Å². The highest BCUT2D eigenvalue weighted by Gasteiger charge is 2.20. The summed E-state index contributed by atoms with van der Waals surface area (Å²) >= 11 is 0. The van der Waals surface area contributed by atoms with Crippen LogP contribution in [0.5, 0.6) is 0 Å². The summed E-state index contributed by atoms with van der Waals surface area (Å²) in [6.45, 7) is 2.32. The number of aliphatic hydroxyl groups excluding tert-OH is 1. The first-order valence-corrected chi connectivity index (χ1v) is 7.55. The fraction of sp³-hybridized carbons (Fsp3) is 0.529. The first-order valence-electron chi connectivity index (χ1n) is 7.55. The van der Waals surface area contributed by atoms with Gasteiger partial charge in [0.2, 0.25) is 0 Å². The van der Waals surface area contributed by atoms with Crippen LogP contribution in [0.2, 0.25) is 0 Å². The molecule has 2 rings (SSSR count). The van der Waals surface area contributed by atoms with E-state index in [4.69, 9.17) is 5.11 Å². The van der Waals surface area contributed by atoms with Crippen molar-refractivity contribution in [3.63, 3.8) is 0 Å². The van der Waals surface area contributed by atoms with Gasteiger partial charge in [0.25, 0.3) is 5.91 Å². The zero-order valence-corrected chi connectivity index (χ0v) is 12.4. The van der Waals surface area contributed by atoms with E-state index in [1.165, 1.54) is 12.8 Å². The molecule has 0 unspecified atom stereocenters. The molecule has 21 heavy (non-hydrogen) atoms. The monoisotopic (exact) mass is 286 g/mol. The number of hydrogen-bond acceptors (Lipinski definition) is 3. The van der Waals surface area contributed by atoms with Gasteiger partial charge < -0.3 is 10.4 Å². The van der Waals surface area contributed by atoms with Crippen molar-refractivity contribution >= 4 is 5.91 Å². The lowest BCUT2D eigenvalue weighted by atomic mass is 9.87. The van der Waals surface area contributed by atoms with Gasteiger partial charge in [-0.05, 0) is 43.7 Å². The van der Waals surface area contributed by atoms with E-state index in [-0.39, 0.29) is 18.6 Å². The standard InChI is InChI=1S/C17H22N2O2/c1-13-5-8-15(9-6-13)19-17(21)16-10-7-14(12-18-16)4-2-3-11-20/h7,10,12-13,15,20H,3,5-6,8-9,11H2,1H3,(H,19,21). The van der Waals surface area contributed by atoms with E-state index in [2.05, 4.69) is 29.1 Å². The number of hydrogen-bond donors (Lipinski definition) is 2. The Hall–Kier alpha value is -1.86. The smallest absolute Gasteiger partial charge is 0.270 e. The molecule has 1 aromatic rings. The van der Waals surface area contributed by atoms with Crippen LogP contribution in [-0.4, -0.2) is 28.6 Å². The Bertz CT molecular complexity index is 520. The predicted octanol–water partition coefficient (Wildman–Crippen LogP) is 2.12. The lowest BCUT2D eigenvalue weighted by Crippen LogP contribution is -2.37. The van der Waals surface area contributed by atoms with Crippen LogP contribution in [-0.2, 0) is 0 Å². The van der Waals surface area contributed by atoms with Crippen LogP contribution in [0.1, 0.15) is 55.1 Å². The van der Waals surface area contributed by atoms with Gasteiger partial charge in [0.15, 0.2) is 0 Å². The molecule has 1 amide bonds. The van der Waals surface area contributed by atoms with Crippen molar-refractivity contribution in [1.82, 2.24) is 10.3 Å². The van der Waals surface area contributed by atoms with Crippen molar-refractivity contribution in [2.45, 2.75) is 45.1 Å². The van der Waals surface area contributed by atoms with E-state index in [1.807, 2.05) is 0 Å². The van der Waals surface area contributed by atoms with Gasteiger partial charge >= 0.3 is 0 Å². The number of nitrogens with one attached hydrogen (secondary N) is 1. The molecule has 0 radical (unpaired) electrons. The zero-order chi connectivity index (χ0) is 15.1. The van der Waals surface area contributed by atoms with Crippen LogP contribution in [0.4, 0.5) is 0 Å². The van der Waals surface area contributed by atoms with Crippen LogP contribution in [0.25, 0.3) is 0 Å². The topological polar surface area (TPSA) is 62.2 Å². The van der Waals surface area contributed by atoms with Gasteiger partial charge in [0.1, 0.15) is 5.69 Å². The Kier molecular flexibility index (Phi) is 5.77. The average Bonchev–Trinajstić information content (AvgIpc) is 2.50. The van der Waals surface area contributed by atoms with Crippen LogP contribution >= 0.6 is 0 Å². The van der Waals surface area contributed by atoms with E-state index in [0.717, 1.165) is 24.3 Å².